The minimum Gasteiger partial charge on any atom is -0.366 e. The van der Waals surface area contributed by atoms with Crippen LogP contribution in [-0.2, 0) is 11.2 Å². The van der Waals surface area contributed by atoms with Crippen LogP contribution < -0.4 is 11.1 Å². The maximum Gasteiger partial charge on any atom is 0.262 e. The van der Waals surface area contributed by atoms with Crippen molar-refractivity contribution in [2.75, 3.05) is 5.32 Å². The Morgan fingerprint density at radius 2 is 1.50 bits per heavy atom. The number of rotatable bonds is 6. The number of nitrogens with zero attached hydrogens (tertiary/aromatic N) is 1. The summed E-state index contributed by atoms with van der Waals surface area (Å²) in [5, 5.41) is 2.77. The van der Waals surface area contributed by atoms with Crippen LogP contribution in [0.15, 0.2) is 72.8 Å². The lowest BCUT2D eigenvalue weighted by Crippen LogP contribution is -2.48. The van der Waals surface area contributed by atoms with Gasteiger partial charge in [-0.1, -0.05) is 54.1 Å². The van der Waals surface area contributed by atoms with Gasteiger partial charge in [0.2, 0.25) is 11.8 Å². The summed E-state index contributed by atoms with van der Waals surface area (Å²) in [7, 11) is 0. The van der Waals surface area contributed by atoms with Crippen LogP contribution in [0, 0.1) is 0 Å². The lowest BCUT2D eigenvalue weighted by atomic mass is 10.0. The van der Waals surface area contributed by atoms with E-state index in [0.717, 1.165) is 10.5 Å². The summed E-state index contributed by atoms with van der Waals surface area (Å²) < 4.78 is 0. The molecule has 0 radical (unpaired) electrons. The van der Waals surface area contributed by atoms with E-state index in [4.69, 9.17) is 17.3 Å². The molecule has 0 bridgehead atoms. The summed E-state index contributed by atoms with van der Waals surface area (Å²) in [5.74, 6) is -2.31. The van der Waals surface area contributed by atoms with Gasteiger partial charge >= 0.3 is 0 Å². The second kappa shape index (κ2) is 8.64. The van der Waals surface area contributed by atoms with Gasteiger partial charge in [0, 0.05) is 12.1 Å². The Labute approximate surface area is 188 Å². The molecule has 3 aromatic carbocycles. The second-order valence-electron chi connectivity index (χ2n) is 7.28. The summed E-state index contributed by atoms with van der Waals surface area (Å²) in [4.78, 5) is 51.7. The quantitative estimate of drug-likeness (QED) is 0.565. The fourth-order valence-electron chi connectivity index (χ4n) is 3.65. The first-order valence-electron chi connectivity index (χ1n) is 9.78. The molecule has 1 atom stereocenters. The summed E-state index contributed by atoms with van der Waals surface area (Å²) in [6.45, 7) is 0. The van der Waals surface area contributed by atoms with Crippen LogP contribution in [0.5, 0.6) is 0 Å². The normalized spacial score (nSPS) is 13.6. The van der Waals surface area contributed by atoms with E-state index < -0.39 is 29.7 Å². The molecule has 3 N–H and O–H groups in total. The molecule has 4 amide bonds. The average molecular weight is 448 g/mol. The van der Waals surface area contributed by atoms with Crippen LogP contribution in [0.4, 0.5) is 5.69 Å². The van der Waals surface area contributed by atoms with E-state index in [1.165, 1.54) is 18.2 Å². The molecule has 32 heavy (non-hydrogen) atoms. The average Bonchev–Trinajstić information content (AvgIpc) is 3.03. The lowest BCUT2D eigenvalue weighted by molar-refractivity contribution is -0.119. The predicted octanol–water partition coefficient (Wildman–Crippen LogP) is 3.28. The molecule has 1 unspecified atom stereocenters. The number of nitrogens with two attached hydrogens (primary N) is 1. The third-order valence-electron chi connectivity index (χ3n) is 5.21. The number of imide groups is 1. The molecule has 8 heteroatoms. The van der Waals surface area contributed by atoms with Crippen molar-refractivity contribution in [3.05, 3.63) is 100 Å². The number of fused-ring (bicyclic) bond motifs is 1. The van der Waals surface area contributed by atoms with Crippen molar-refractivity contribution in [3.8, 4) is 0 Å². The third kappa shape index (κ3) is 3.98. The molecule has 1 aliphatic heterocycles. The maximum absolute atomic E-state index is 13.3. The molecular formula is C24H18ClN3O4. The Hall–Kier alpha value is -3.97. The van der Waals surface area contributed by atoms with Crippen molar-refractivity contribution >= 4 is 40.9 Å². The van der Waals surface area contributed by atoms with E-state index in [-0.39, 0.29) is 28.1 Å². The van der Waals surface area contributed by atoms with Crippen molar-refractivity contribution in [2.45, 2.75) is 12.5 Å². The van der Waals surface area contributed by atoms with E-state index in [1.54, 1.807) is 24.3 Å². The highest BCUT2D eigenvalue weighted by Crippen LogP contribution is 2.27. The van der Waals surface area contributed by atoms with Crippen LogP contribution >= 0.6 is 11.6 Å². The van der Waals surface area contributed by atoms with Crippen LogP contribution in [0.3, 0.4) is 0 Å². The molecule has 0 aromatic heterocycles. The van der Waals surface area contributed by atoms with Gasteiger partial charge in [0.25, 0.3) is 11.8 Å². The zero-order valence-electron chi connectivity index (χ0n) is 16.7. The number of hydrogen-bond acceptors (Lipinski definition) is 4. The van der Waals surface area contributed by atoms with Gasteiger partial charge in [0.05, 0.1) is 21.7 Å². The summed E-state index contributed by atoms with van der Waals surface area (Å²) in [6.07, 6.45) is 0.130. The van der Waals surface area contributed by atoms with E-state index in [9.17, 15) is 19.2 Å². The predicted molar refractivity (Wildman–Crippen MR) is 119 cm³/mol. The van der Waals surface area contributed by atoms with Gasteiger partial charge in [0.15, 0.2) is 0 Å². The number of primary amides is 1. The van der Waals surface area contributed by atoms with Gasteiger partial charge in [-0.2, -0.15) is 0 Å². The zero-order chi connectivity index (χ0) is 22.8. The summed E-state index contributed by atoms with van der Waals surface area (Å²) in [5.41, 5.74) is 6.99. The smallest absolute Gasteiger partial charge is 0.262 e. The Bertz CT molecular complexity index is 1210. The van der Waals surface area contributed by atoms with Crippen molar-refractivity contribution in [1.82, 2.24) is 4.90 Å². The number of hydrogen-bond donors (Lipinski definition) is 2. The molecular weight excluding hydrogens is 430 g/mol. The molecule has 4 rings (SSSR count). The van der Waals surface area contributed by atoms with Crippen LogP contribution in [0.1, 0.15) is 36.6 Å². The SMILES string of the molecule is NC(=O)c1ccc(NC(=O)C(Cc2ccccc2)N2C(=O)c3ccccc3C2=O)cc1Cl. The number of carbonyl (C=O) groups excluding carboxylic acids is 4. The van der Waals surface area contributed by atoms with Gasteiger partial charge in [-0.15, -0.1) is 0 Å². The highest BCUT2D eigenvalue weighted by Gasteiger charge is 2.42. The number of benzene rings is 3. The highest BCUT2D eigenvalue weighted by atomic mass is 35.5. The molecule has 1 heterocycles. The Morgan fingerprint density at radius 1 is 0.906 bits per heavy atom. The van der Waals surface area contributed by atoms with Crippen molar-refractivity contribution < 1.29 is 19.2 Å². The van der Waals surface area contributed by atoms with Gasteiger partial charge in [-0.05, 0) is 35.9 Å². The standard InChI is InChI=1S/C24H18ClN3O4/c25-19-13-15(10-11-18(19)21(26)29)27-22(30)20(12-14-6-2-1-3-7-14)28-23(31)16-8-4-5-9-17(16)24(28)32/h1-11,13,20H,12H2,(H2,26,29)(H,27,30). The van der Waals surface area contributed by atoms with Gasteiger partial charge in [-0.3, -0.25) is 24.1 Å². The molecule has 0 spiro atoms. The van der Waals surface area contributed by atoms with Gasteiger partial charge in [-0.25, -0.2) is 0 Å². The van der Waals surface area contributed by atoms with Crippen molar-refractivity contribution in [3.63, 3.8) is 0 Å². The molecule has 0 aliphatic carbocycles. The summed E-state index contributed by atoms with van der Waals surface area (Å²) >= 11 is 6.08. The third-order valence-corrected chi connectivity index (χ3v) is 5.53. The van der Waals surface area contributed by atoms with Crippen LogP contribution in [-0.4, -0.2) is 34.6 Å². The Kier molecular flexibility index (Phi) is 5.75. The molecule has 160 valence electrons. The number of anilines is 1. The molecule has 0 saturated carbocycles. The highest BCUT2D eigenvalue weighted by molar-refractivity contribution is 6.34. The van der Waals surface area contributed by atoms with Crippen molar-refractivity contribution in [1.29, 1.82) is 0 Å². The van der Waals surface area contributed by atoms with E-state index >= 15 is 0 Å². The van der Waals surface area contributed by atoms with Crippen LogP contribution in [0.2, 0.25) is 5.02 Å². The number of amides is 4. The second-order valence-corrected chi connectivity index (χ2v) is 7.69. The lowest BCUT2D eigenvalue weighted by Gasteiger charge is -2.25. The molecule has 0 saturated heterocycles. The largest absolute Gasteiger partial charge is 0.366 e. The first-order chi connectivity index (χ1) is 15.4. The monoisotopic (exact) mass is 447 g/mol. The first kappa shape index (κ1) is 21.3. The number of nitrogens with one attached hydrogen (secondary N) is 1. The Balaban J connectivity index is 1.67. The van der Waals surface area contributed by atoms with Gasteiger partial charge in [0.1, 0.15) is 6.04 Å². The summed E-state index contributed by atoms with van der Waals surface area (Å²) in [6, 6.07) is 18.7. The molecule has 1 aliphatic rings. The van der Waals surface area contributed by atoms with E-state index in [1.807, 2.05) is 30.3 Å². The van der Waals surface area contributed by atoms with E-state index in [2.05, 4.69) is 5.32 Å². The molecule has 7 nitrogen and oxygen atoms in total. The van der Waals surface area contributed by atoms with Crippen LogP contribution in [0.25, 0.3) is 0 Å². The topological polar surface area (TPSA) is 110 Å². The van der Waals surface area contributed by atoms with Gasteiger partial charge < -0.3 is 11.1 Å². The number of halogens is 1. The minimum absolute atomic E-state index is 0.0793. The minimum atomic E-state index is -1.10. The first-order valence-corrected chi connectivity index (χ1v) is 10.2. The number of carbonyl (C=O) groups is 4. The fourth-order valence-corrected chi connectivity index (χ4v) is 3.92. The molecule has 0 fully saturated rings. The van der Waals surface area contributed by atoms with E-state index in [0.29, 0.717) is 5.69 Å². The zero-order valence-corrected chi connectivity index (χ0v) is 17.5. The van der Waals surface area contributed by atoms with Crippen molar-refractivity contribution in [2.24, 2.45) is 5.73 Å². The Morgan fingerprint density at radius 3 is 2.06 bits per heavy atom. The maximum atomic E-state index is 13.3. The fraction of sp³-hybridized carbons (Fsp3) is 0.0833. The molecule has 3 aromatic rings.